The van der Waals surface area contributed by atoms with Gasteiger partial charge in [-0.05, 0) is 31.3 Å². The van der Waals surface area contributed by atoms with Crippen molar-refractivity contribution in [2.75, 3.05) is 54.2 Å². The smallest absolute Gasteiger partial charge is 0.229 e. The van der Waals surface area contributed by atoms with Crippen molar-refractivity contribution in [1.82, 2.24) is 19.9 Å². The molecule has 9 nitrogen and oxygen atoms in total. The van der Waals surface area contributed by atoms with Crippen LogP contribution < -0.4 is 15.1 Å². The molecular weight excluding hydrogens is 450 g/mol. The molecule has 2 N–H and O–H groups in total. The first-order valence-electron chi connectivity index (χ1n) is 10.8. The van der Waals surface area contributed by atoms with Crippen molar-refractivity contribution in [2.24, 2.45) is 0 Å². The Labute approximate surface area is 194 Å². The fraction of sp³-hybridized carbons (Fsp3) is 0.524. The number of hydrogen-bond donors (Lipinski definition) is 2. The molecule has 32 heavy (non-hydrogen) atoms. The summed E-state index contributed by atoms with van der Waals surface area (Å²) in [7, 11) is 0.789. The van der Waals surface area contributed by atoms with E-state index in [2.05, 4.69) is 26.3 Å². The van der Waals surface area contributed by atoms with Gasteiger partial charge in [-0.1, -0.05) is 17.7 Å². The topological polar surface area (TPSA) is 107 Å². The summed E-state index contributed by atoms with van der Waals surface area (Å²) < 4.78 is 12.9. The zero-order valence-electron chi connectivity index (χ0n) is 17.9. The number of nitrogens with zero attached hydrogens (tertiary/aromatic N) is 6. The molecule has 1 atom stereocenters. The number of nitrogens with one attached hydrogen (secondary N) is 1. The highest BCUT2D eigenvalue weighted by Gasteiger charge is 2.39. The minimum Gasteiger partial charge on any atom is -0.394 e. The Morgan fingerprint density at radius 2 is 2.03 bits per heavy atom. The Kier molecular flexibility index (Phi) is 5.77. The van der Waals surface area contributed by atoms with Gasteiger partial charge in [-0.2, -0.15) is 9.97 Å². The monoisotopic (exact) mass is 475 g/mol. The molecule has 1 aliphatic carbocycles. The number of rotatable bonds is 5. The molecule has 0 amide bonds. The third kappa shape index (κ3) is 3.95. The number of anilines is 3. The SMILES string of the molecule is CN1CC[S@@](=O)c2c(NC3(CO)CCC3)nc(N3CC=C(c4ncc(Cl)cn4)CC3)nc21. The molecule has 0 saturated heterocycles. The van der Waals surface area contributed by atoms with E-state index in [1.807, 2.05) is 11.9 Å². The summed E-state index contributed by atoms with van der Waals surface area (Å²) in [5.74, 6) is 3.11. The van der Waals surface area contributed by atoms with Crippen LogP contribution in [0.2, 0.25) is 5.02 Å². The molecule has 2 aliphatic heterocycles. The Morgan fingerprint density at radius 1 is 1.25 bits per heavy atom. The molecule has 170 valence electrons. The van der Waals surface area contributed by atoms with Gasteiger partial charge in [0.1, 0.15) is 4.90 Å². The van der Waals surface area contributed by atoms with Crippen molar-refractivity contribution in [1.29, 1.82) is 0 Å². The average molecular weight is 476 g/mol. The molecule has 2 aromatic rings. The molecule has 0 bridgehead atoms. The summed E-state index contributed by atoms with van der Waals surface area (Å²) in [5, 5.41) is 13.9. The van der Waals surface area contributed by atoms with Crippen molar-refractivity contribution in [3.63, 3.8) is 0 Å². The van der Waals surface area contributed by atoms with Crippen LogP contribution in [-0.4, -0.2) is 73.8 Å². The highest BCUT2D eigenvalue weighted by Crippen LogP contribution is 2.39. The summed E-state index contributed by atoms with van der Waals surface area (Å²) >= 11 is 5.90. The van der Waals surface area contributed by atoms with Crippen LogP contribution >= 0.6 is 11.6 Å². The van der Waals surface area contributed by atoms with E-state index in [1.54, 1.807) is 12.4 Å². The molecule has 11 heteroatoms. The Balaban J connectivity index is 1.47. The van der Waals surface area contributed by atoms with Gasteiger partial charge in [0.05, 0.1) is 28.0 Å². The highest BCUT2D eigenvalue weighted by molar-refractivity contribution is 7.85. The molecule has 3 aliphatic rings. The maximum atomic E-state index is 12.9. The lowest BCUT2D eigenvalue weighted by Crippen LogP contribution is -2.49. The van der Waals surface area contributed by atoms with Crippen molar-refractivity contribution in [3.05, 3.63) is 29.3 Å². The predicted molar refractivity (Wildman–Crippen MR) is 126 cm³/mol. The highest BCUT2D eigenvalue weighted by atomic mass is 35.5. The first kappa shape index (κ1) is 21.5. The normalized spacial score (nSPS) is 22.1. The molecule has 0 spiro atoms. The van der Waals surface area contributed by atoms with Crippen molar-refractivity contribution in [3.8, 4) is 0 Å². The van der Waals surface area contributed by atoms with Crippen LogP contribution in [-0.2, 0) is 10.8 Å². The van der Waals surface area contributed by atoms with E-state index >= 15 is 0 Å². The maximum absolute atomic E-state index is 12.9. The average Bonchev–Trinajstić information content (AvgIpc) is 2.79. The molecule has 1 saturated carbocycles. The van der Waals surface area contributed by atoms with Gasteiger partial charge in [0.15, 0.2) is 17.5 Å². The van der Waals surface area contributed by atoms with Crippen molar-refractivity contribution >= 4 is 45.6 Å². The number of hydrogen-bond acceptors (Lipinski definition) is 9. The molecule has 0 aromatic carbocycles. The summed E-state index contributed by atoms with van der Waals surface area (Å²) in [4.78, 5) is 23.0. The lowest BCUT2D eigenvalue weighted by atomic mass is 9.77. The molecule has 0 radical (unpaired) electrons. The molecular formula is C21H26ClN7O2S. The summed E-state index contributed by atoms with van der Waals surface area (Å²) in [6, 6.07) is 0. The predicted octanol–water partition coefficient (Wildman–Crippen LogP) is 2.10. The van der Waals surface area contributed by atoms with Gasteiger partial charge >= 0.3 is 0 Å². The van der Waals surface area contributed by atoms with Crippen molar-refractivity contribution < 1.29 is 9.32 Å². The van der Waals surface area contributed by atoms with Crippen LogP contribution in [0, 0.1) is 0 Å². The number of fused-ring (bicyclic) bond motifs is 1. The third-order valence-corrected chi connectivity index (χ3v) is 8.01. The van der Waals surface area contributed by atoms with Crippen LogP contribution in [0.15, 0.2) is 23.4 Å². The van der Waals surface area contributed by atoms with Gasteiger partial charge in [0, 0.05) is 44.8 Å². The minimum absolute atomic E-state index is 0.0283. The Hall–Kier alpha value is -2.30. The standard InChI is InChI=1S/C21H26ClN7O2S/c1-28-9-10-32(31)16-18(27-21(13-30)5-2-6-21)25-20(26-19(16)28)29-7-3-14(4-8-29)17-23-11-15(22)12-24-17/h3,11-12,30H,2,4-10,13H2,1H3,(H,25,26,27)/t32-/m1/s1. The van der Waals surface area contributed by atoms with Gasteiger partial charge < -0.3 is 20.2 Å². The van der Waals surface area contributed by atoms with E-state index < -0.39 is 10.8 Å². The van der Waals surface area contributed by atoms with Crippen LogP contribution in [0.5, 0.6) is 0 Å². The lowest BCUT2D eigenvalue weighted by molar-refractivity contribution is 0.143. The second kappa shape index (κ2) is 8.57. The number of aliphatic hydroxyl groups is 1. The quantitative estimate of drug-likeness (QED) is 0.672. The molecule has 4 heterocycles. The summed E-state index contributed by atoms with van der Waals surface area (Å²) in [6.45, 7) is 2.05. The molecule has 2 aromatic heterocycles. The van der Waals surface area contributed by atoms with Gasteiger partial charge in [0.25, 0.3) is 0 Å². The number of aliphatic hydroxyl groups excluding tert-OH is 1. The Morgan fingerprint density at radius 3 is 2.66 bits per heavy atom. The second-order valence-corrected chi connectivity index (χ2v) is 10.5. The van der Waals surface area contributed by atoms with E-state index in [0.717, 1.165) is 31.3 Å². The maximum Gasteiger partial charge on any atom is 0.229 e. The van der Waals surface area contributed by atoms with Gasteiger partial charge in [-0.15, -0.1) is 0 Å². The fourth-order valence-electron chi connectivity index (χ4n) is 4.26. The molecule has 1 fully saturated rings. The molecule has 0 unspecified atom stereocenters. The first-order valence-corrected chi connectivity index (χ1v) is 12.5. The first-order chi connectivity index (χ1) is 15.5. The van der Waals surface area contributed by atoms with Crippen LogP contribution in [0.25, 0.3) is 5.57 Å². The fourth-order valence-corrected chi connectivity index (χ4v) is 5.72. The van der Waals surface area contributed by atoms with Crippen molar-refractivity contribution in [2.45, 2.75) is 36.1 Å². The van der Waals surface area contributed by atoms with E-state index in [4.69, 9.17) is 21.6 Å². The number of halogens is 1. The Bertz CT molecular complexity index is 1070. The molecule has 5 rings (SSSR count). The lowest BCUT2D eigenvalue weighted by Gasteiger charge is -2.42. The number of aromatic nitrogens is 4. The van der Waals surface area contributed by atoms with Crippen LogP contribution in [0.1, 0.15) is 31.5 Å². The van der Waals surface area contributed by atoms with Crippen LogP contribution in [0.4, 0.5) is 17.6 Å². The van der Waals surface area contributed by atoms with E-state index in [-0.39, 0.29) is 12.1 Å². The van der Waals surface area contributed by atoms with E-state index in [0.29, 0.717) is 58.7 Å². The largest absolute Gasteiger partial charge is 0.394 e. The minimum atomic E-state index is -1.18. The summed E-state index contributed by atoms with van der Waals surface area (Å²) in [5.41, 5.74) is 0.682. The van der Waals surface area contributed by atoms with Crippen LogP contribution in [0.3, 0.4) is 0 Å². The zero-order valence-corrected chi connectivity index (χ0v) is 19.5. The van der Waals surface area contributed by atoms with E-state index in [1.165, 1.54) is 0 Å². The summed E-state index contributed by atoms with van der Waals surface area (Å²) in [6.07, 6.45) is 8.86. The third-order valence-electron chi connectivity index (χ3n) is 6.43. The van der Waals surface area contributed by atoms with E-state index in [9.17, 15) is 9.32 Å². The zero-order chi connectivity index (χ0) is 22.3. The second-order valence-electron chi connectivity index (χ2n) is 8.56. The van der Waals surface area contributed by atoms with Gasteiger partial charge in [0.2, 0.25) is 5.95 Å². The van der Waals surface area contributed by atoms with Gasteiger partial charge in [-0.3, -0.25) is 4.21 Å². The van der Waals surface area contributed by atoms with Gasteiger partial charge in [-0.25, -0.2) is 9.97 Å².